The summed E-state index contributed by atoms with van der Waals surface area (Å²) < 4.78 is 7.61. The van der Waals surface area contributed by atoms with Crippen LogP contribution in [0.2, 0.25) is 10.0 Å². The van der Waals surface area contributed by atoms with E-state index in [0.717, 1.165) is 22.2 Å². The Morgan fingerprint density at radius 1 is 1.03 bits per heavy atom. The van der Waals surface area contributed by atoms with Crippen LogP contribution in [0, 0.1) is 5.92 Å². The molecule has 0 amide bonds. The molecular formula is C22H22Cl2N4OS. The molecule has 30 heavy (non-hydrogen) atoms. The van der Waals surface area contributed by atoms with E-state index in [4.69, 9.17) is 27.9 Å². The van der Waals surface area contributed by atoms with Crippen molar-refractivity contribution in [2.24, 2.45) is 5.92 Å². The molecule has 2 heterocycles. The number of benzene rings is 2. The normalized spacial score (nSPS) is 12.6. The number of nitrogens with zero attached hydrogens (tertiary/aromatic N) is 4. The molecule has 2 aromatic carbocycles. The van der Waals surface area contributed by atoms with E-state index < -0.39 is 0 Å². The first-order valence-corrected chi connectivity index (χ1v) is 11.4. The fraction of sp³-hybridized carbons (Fsp3) is 0.318. The second-order valence-electron chi connectivity index (χ2n) is 7.67. The molecule has 0 aliphatic heterocycles. The number of rotatable bonds is 7. The lowest BCUT2D eigenvalue weighted by Gasteiger charge is -2.11. The van der Waals surface area contributed by atoms with Crippen molar-refractivity contribution in [3.63, 3.8) is 0 Å². The fourth-order valence-electron chi connectivity index (χ4n) is 3.29. The molecule has 0 saturated heterocycles. The van der Waals surface area contributed by atoms with Crippen molar-refractivity contribution in [1.82, 2.24) is 19.8 Å². The summed E-state index contributed by atoms with van der Waals surface area (Å²) in [6, 6.07) is 13.9. The van der Waals surface area contributed by atoms with Gasteiger partial charge in [0.15, 0.2) is 10.8 Å². The highest BCUT2D eigenvalue weighted by molar-refractivity contribution is 7.16. The van der Waals surface area contributed by atoms with Gasteiger partial charge in [-0.2, -0.15) is 9.61 Å². The summed E-state index contributed by atoms with van der Waals surface area (Å²) in [6.45, 7) is 6.88. The fourth-order valence-corrected chi connectivity index (χ4v) is 4.51. The number of hydrogen-bond acceptors (Lipinski definition) is 5. The van der Waals surface area contributed by atoms with Crippen LogP contribution >= 0.6 is 34.5 Å². The van der Waals surface area contributed by atoms with Gasteiger partial charge >= 0.3 is 0 Å². The van der Waals surface area contributed by atoms with E-state index in [1.54, 1.807) is 22.7 Å². The topological polar surface area (TPSA) is 52.3 Å². The second-order valence-corrected chi connectivity index (χ2v) is 9.56. The van der Waals surface area contributed by atoms with Gasteiger partial charge in [-0.15, -0.1) is 10.2 Å². The van der Waals surface area contributed by atoms with Crippen molar-refractivity contribution in [3.8, 4) is 5.75 Å². The third-order valence-electron chi connectivity index (χ3n) is 4.81. The molecule has 0 N–H and O–H groups in total. The minimum atomic E-state index is 0.0784. The maximum atomic E-state index is 6.17. The van der Waals surface area contributed by atoms with Gasteiger partial charge in [-0.3, -0.25) is 0 Å². The Bertz CT molecular complexity index is 1150. The lowest BCUT2D eigenvalue weighted by Crippen LogP contribution is -2.05. The summed E-state index contributed by atoms with van der Waals surface area (Å²) in [5.41, 5.74) is 2.54. The van der Waals surface area contributed by atoms with E-state index in [0.29, 0.717) is 28.3 Å². The summed E-state index contributed by atoms with van der Waals surface area (Å²) in [4.78, 5) is 0.745. The van der Waals surface area contributed by atoms with Gasteiger partial charge in [0.1, 0.15) is 12.4 Å². The minimum Gasteiger partial charge on any atom is -0.485 e. The summed E-state index contributed by atoms with van der Waals surface area (Å²) in [7, 11) is 0. The van der Waals surface area contributed by atoms with E-state index in [2.05, 4.69) is 60.3 Å². The van der Waals surface area contributed by atoms with Crippen LogP contribution in [0.4, 0.5) is 0 Å². The molecule has 5 nitrogen and oxygen atoms in total. The quantitative estimate of drug-likeness (QED) is 0.319. The minimum absolute atomic E-state index is 0.0784. The van der Waals surface area contributed by atoms with Gasteiger partial charge < -0.3 is 4.74 Å². The van der Waals surface area contributed by atoms with Crippen LogP contribution in [0.15, 0.2) is 42.5 Å². The Kier molecular flexibility index (Phi) is 6.27. The highest BCUT2D eigenvalue weighted by atomic mass is 35.5. The lowest BCUT2D eigenvalue weighted by molar-refractivity contribution is 0.304. The zero-order valence-electron chi connectivity index (χ0n) is 17.0. The first-order chi connectivity index (χ1) is 14.4. The molecule has 0 saturated carbocycles. The molecule has 1 unspecified atom stereocenters. The number of halogens is 2. The zero-order chi connectivity index (χ0) is 21.3. The maximum absolute atomic E-state index is 6.17. The van der Waals surface area contributed by atoms with Gasteiger partial charge in [0, 0.05) is 10.9 Å². The zero-order valence-corrected chi connectivity index (χ0v) is 19.3. The number of fused-ring (bicyclic) bond motifs is 1. The Hall–Kier alpha value is -2.15. The Morgan fingerprint density at radius 2 is 1.80 bits per heavy atom. The molecule has 0 bridgehead atoms. The third kappa shape index (κ3) is 4.61. The molecule has 1 atom stereocenters. The first kappa shape index (κ1) is 21.1. The second kappa shape index (κ2) is 8.92. The molecule has 0 radical (unpaired) electrons. The van der Waals surface area contributed by atoms with E-state index >= 15 is 0 Å². The number of aromatic nitrogens is 4. The predicted octanol–water partition coefficient (Wildman–Crippen LogP) is 6.42. The Balaban J connectivity index is 1.51. The van der Waals surface area contributed by atoms with Crippen molar-refractivity contribution in [2.75, 3.05) is 0 Å². The van der Waals surface area contributed by atoms with E-state index in [1.165, 1.54) is 22.5 Å². The van der Waals surface area contributed by atoms with Gasteiger partial charge in [-0.05, 0) is 41.7 Å². The molecule has 0 fully saturated rings. The Morgan fingerprint density at radius 3 is 2.50 bits per heavy atom. The van der Waals surface area contributed by atoms with E-state index in [1.807, 2.05) is 0 Å². The van der Waals surface area contributed by atoms with Crippen LogP contribution in [0.1, 0.15) is 48.6 Å². The molecule has 4 aromatic rings. The first-order valence-electron chi connectivity index (χ1n) is 9.78. The van der Waals surface area contributed by atoms with Gasteiger partial charge in [-0.25, -0.2) is 0 Å². The molecule has 8 heteroatoms. The van der Waals surface area contributed by atoms with Crippen LogP contribution in [0.3, 0.4) is 0 Å². The van der Waals surface area contributed by atoms with Crippen molar-refractivity contribution in [3.05, 3.63) is 74.5 Å². The Labute approximate surface area is 189 Å². The summed E-state index contributed by atoms with van der Waals surface area (Å²) in [6.07, 6.45) is 1.08. The smallest absolute Gasteiger partial charge is 0.234 e. The molecule has 0 aliphatic rings. The van der Waals surface area contributed by atoms with Gasteiger partial charge in [0.05, 0.1) is 5.02 Å². The van der Waals surface area contributed by atoms with Crippen LogP contribution in [-0.4, -0.2) is 19.8 Å². The molecule has 2 aromatic heterocycles. The van der Waals surface area contributed by atoms with Crippen molar-refractivity contribution >= 4 is 39.5 Å². The molecule has 156 valence electrons. The average molecular weight is 461 g/mol. The largest absolute Gasteiger partial charge is 0.485 e. The maximum Gasteiger partial charge on any atom is 0.234 e. The lowest BCUT2D eigenvalue weighted by atomic mass is 9.96. The standard InChI is InChI=1S/C22H22Cl2N4OS/c1-13(2)10-15-4-6-16(7-5-15)14(3)21-25-26-22-28(21)27-20(30-22)12-29-19-9-8-17(23)11-18(19)24/h4-9,11,13-14H,10,12H2,1-3H3. The third-order valence-corrected chi connectivity index (χ3v) is 6.22. The SMILES string of the molecule is CC(C)Cc1ccc(C(C)c2nnc3sc(COc4ccc(Cl)cc4Cl)nn23)cc1. The van der Waals surface area contributed by atoms with Gasteiger partial charge in [0.25, 0.3) is 0 Å². The molecule has 0 spiro atoms. The summed E-state index contributed by atoms with van der Waals surface area (Å²) >= 11 is 13.6. The van der Waals surface area contributed by atoms with Gasteiger partial charge in [0.2, 0.25) is 4.96 Å². The van der Waals surface area contributed by atoms with Crippen LogP contribution in [-0.2, 0) is 13.0 Å². The van der Waals surface area contributed by atoms with Gasteiger partial charge in [-0.1, -0.05) is 79.6 Å². The van der Waals surface area contributed by atoms with Crippen molar-refractivity contribution in [1.29, 1.82) is 0 Å². The van der Waals surface area contributed by atoms with Crippen molar-refractivity contribution < 1.29 is 4.74 Å². The summed E-state index contributed by atoms with van der Waals surface area (Å²) in [5, 5.41) is 15.2. The van der Waals surface area contributed by atoms with Crippen LogP contribution < -0.4 is 4.74 Å². The van der Waals surface area contributed by atoms with Crippen molar-refractivity contribution in [2.45, 2.75) is 39.7 Å². The number of ether oxygens (including phenoxy) is 1. The molecule has 4 rings (SSSR count). The predicted molar refractivity (Wildman–Crippen MR) is 122 cm³/mol. The summed E-state index contributed by atoms with van der Waals surface area (Å²) in [5.74, 6) is 2.10. The van der Waals surface area contributed by atoms with E-state index in [9.17, 15) is 0 Å². The number of hydrogen-bond donors (Lipinski definition) is 0. The highest BCUT2D eigenvalue weighted by Gasteiger charge is 2.19. The monoisotopic (exact) mass is 460 g/mol. The van der Waals surface area contributed by atoms with Crippen LogP contribution in [0.5, 0.6) is 5.75 Å². The molecular weight excluding hydrogens is 439 g/mol. The van der Waals surface area contributed by atoms with Crippen LogP contribution in [0.25, 0.3) is 4.96 Å². The molecule has 0 aliphatic carbocycles. The highest BCUT2D eigenvalue weighted by Crippen LogP contribution is 2.29. The average Bonchev–Trinajstić information content (AvgIpc) is 3.27. The van der Waals surface area contributed by atoms with E-state index in [-0.39, 0.29) is 5.92 Å².